The standard InChI is InChI=1S/C21H19NO2S/c1-22-17-10-6-5-9-15(17)18(21(22)24)20(25-2)16-12-11-13-7-3-4-8-14(13)19(16)23/h3-10,18H,11-12H2,1-2H3/b20-16+. The molecular weight excluding hydrogens is 330 g/mol. The number of nitrogens with zero attached hydrogens (tertiary/aromatic N) is 1. The smallest absolute Gasteiger partial charge is 0.239 e. The first kappa shape index (κ1) is 16.2. The first-order chi connectivity index (χ1) is 12.1. The third kappa shape index (κ3) is 2.44. The number of likely N-dealkylation sites (N-methyl/N-ethyl adjacent to an activating group) is 1. The average molecular weight is 349 g/mol. The highest BCUT2D eigenvalue weighted by Gasteiger charge is 2.39. The Bertz CT molecular complexity index is 916. The van der Waals surface area contributed by atoms with Crippen molar-refractivity contribution in [1.82, 2.24) is 0 Å². The van der Waals surface area contributed by atoms with Gasteiger partial charge in [-0.15, -0.1) is 11.8 Å². The van der Waals surface area contributed by atoms with Gasteiger partial charge < -0.3 is 4.90 Å². The largest absolute Gasteiger partial charge is 0.314 e. The maximum Gasteiger partial charge on any atom is 0.239 e. The number of allylic oxidation sites excluding steroid dienone is 1. The van der Waals surface area contributed by atoms with Crippen LogP contribution in [0.15, 0.2) is 59.0 Å². The number of Topliss-reactive ketones (excluding diaryl/α,β-unsaturated/α-hetero) is 1. The Hall–Kier alpha value is -2.33. The van der Waals surface area contributed by atoms with Crippen LogP contribution < -0.4 is 4.90 Å². The Labute approximate surface area is 151 Å². The third-order valence-electron chi connectivity index (χ3n) is 5.15. The van der Waals surface area contributed by atoms with Gasteiger partial charge in [0.15, 0.2) is 5.78 Å². The molecule has 0 saturated heterocycles. The van der Waals surface area contributed by atoms with Crippen LogP contribution in [0, 0.1) is 0 Å². The summed E-state index contributed by atoms with van der Waals surface area (Å²) in [4.78, 5) is 28.6. The maximum absolute atomic E-state index is 13.1. The van der Waals surface area contributed by atoms with Crippen LogP contribution in [0.2, 0.25) is 0 Å². The van der Waals surface area contributed by atoms with Gasteiger partial charge in [0, 0.05) is 28.8 Å². The fourth-order valence-corrected chi connectivity index (χ4v) is 4.79. The number of thioether (sulfide) groups is 1. The molecular formula is C21H19NO2S. The van der Waals surface area contributed by atoms with Crippen molar-refractivity contribution < 1.29 is 9.59 Å². The topological polar surface area (TPSA) is 37.4 Å². The van der Waals surface area contributed by atoms with Gasteiger partial charge in [0.05, 0.1) is 5.92 Å². The van der Waals surface area contributed by atoms with Crippen LogP contribution in [0.3, 0.4) is 0 Å². The van der Waals surface area contributed by atoms with E-state index >= 15 is 0 Å². The normalized spacial score (nSPS) is 21.2. The lowest BCUT2D eigenvalue weighted by molar-refractivity contribution is -0.118. The number of aryl methyl sites for hydroxylation is 1. The lowest BCUT2D eigenvalue weighted by Gasteiger charge is -2.23. The third-order valence-corrected chi connectivity index (χ3v) is 6.07. The van der Waals surface area contributed by atoms with E-state index in [2.05, 4.69) is 0 Å². The molecule has 0 aromatic heterocycles. The maximum atomic E-state index is 13.1. The summed E-state index contributed by atoms with van der Waals surface area (Å²) in [5.41, 5.74) is 4.62. The van der Waals surface area contributed by atoms with Gasteiger partial charge in [-0.3, -0.25) is 9.59 Å². The number of hydrogen-bond acceptors (Lipinski definition) is 3. The molecule has 0 bridgehead atoms. The Kier molecular flexibility index (Phi) is 4.00. The van der Waals surface area contributed by atoms with Crippen LogP contribution in [0.5, 0.6) is 0 Å². The molecule has 0 radical (unpaired) electrons. The van der Waals surface area contributed by atoms with Gasteiger partial charge in [-0.2, -0.15) is 0 Å². The number of amides is 1. The van der Waals surface area contributed by atoms with Crippen molar-refractivity contribution in [1.29, 1.82) is 0 Å². The monoisotopic (exact) mass is 349 g/mol. The second kappa shape index (κ2) is 6.19. The minimum atomic E-state index is -0.361. The van der Waals surface area contributed by atoms with Crippen LogP contribution >= 0.6 is 11.8 Å². The summed E-state index contributed by atoms with van der Waals surface area (Å²) in [6, 6.07) is 15.7. The van der Waals surface area contributed by atoms with Crippen molar-refractivity contribution in [3.8, 4) is 0 Å². The van der Waals surface area contributed by atoms with Crippen molar-refractivity contribution in [2.24, 2.45) is 0 Å². The number of benzene rings is 2. The first-order valence-electron chi connectivity index (χ1n) is 8.39. The van der Waals surface area contributed by atoms with Crippen LogP contribution in [0.4, 0.5) is 5.69 Å². The highest BCUT2D eigenvalue weighted by atomic mass is 32.2. The second-order valence-corrected chi connectivity index (χ2v) is 7.27. The quantitative estimate of drug-likeness (QED) is 0.763. The molecule has 2 aromatic rings. The average Bonchev–Trinajstić information content (AvgIpc) is 2.90. The van der Waals surface area contributed by atoms with Crippen LogP contribution in [-0.4, -0.2) is 25.0 Å². The SMILES string of the molecule is CS/C(=C1\CCc2ccccc2C1=O)C1C(=O)N(C)c2ccccc21. The summed E-state index contributed by atoms with van der Waals surface area (Å²) in [6.07, 6.45) is 3.51. The summed E-state index contributed by atoms with van der Waals surface area (Å²) < 4.78 is 0. The molecule has 1 atom stereocenters. The zero-order valence-corrected chi connectivity index (χ0v) is 15.1. The molecule has 1 unspecified atom stereocenters. The Morgan fingerprint density at radius 1 is 1.04 bits per heavy atom. The van der Waals surface area contributed by atoms with E-state index in [1.165, 1.54) is 11.8 Å². The molecule has 25 heavy (non-hydrogen) atoms. The van der Waals surface area contributed by atoms with Crippen LogP contribution in [0.25, 0.3) is 0 Å². The van der Waals surface area contributed by atoms with Crippen LogP contribution in [-0.2, 0) is 11.2 Å². The first-order valence-corrected chi connectivity index (χ1v) is 9.62. The van der Waals surface area contributed by atoms with Gasteiger partial charge in [-0.1, -0.05) is 42.5 Å². The van der Waals surface area contributed by atoms with Crippen LogP contribution in [0.1, 0.15) is 33.8 Å². The molecule has 0 fully saturated rings. The predicted molar refractivity (Wildman–Crippen MR) is 102 cm³/mol. The molecule has 4 rings (SSSR count). The molecule has 1 amide bonds. The lowest BCUT2D eigenvalue weighted by atomic mass is 9.84. The number of hydrogen-bond donors (Lipinski definition) is 0. The van der Waals surface area contributed by atoms with Gasteiger partial charge in [-0.25, -0.2) is 0 Å². The minimum absolute atomic E-state index is 0.0460. The molecule has 0 saturated carbocycles. The van der Waals surface area contributed by atoms with Crippen molar-refractivity contribution in [3.63, 3.8) is 0 Å². The highest BCUT2D eigenvalue weighted by Crippen LogP contribution is 2.46. The summed E-state index contributed by atoms with van der Waals surface area (Å²) >= 11 is 1.53. The summed E-state index contributed by atoms with van der Waals surface area (Å²) in [5, 5.41) is 0. The summed E-state index contributed by atoms with van der Waals surface area (Å²) in [5.74, 6) is -0.240. The Morgan fingerprint density at radius 3 is 2.56 bits per heavy atom. The van der Waals surface area contributed by atoms with Gasteiger partial charge >= 0.3 is 0 Å². The van der Waals surface area contributed by atoms with Gasteiger partial charge in [0.1, 0.15) is 0 Å². The van der Waals surface area contributed by atoms with E-state index in [0.717, 1.165) is 39.3 Å². The fourth-order valence-electron chi connectivity index (χ4n) is 3.88. The highest BCUT2D eigenvalue weighted by molar-refractivity contribution is 8.02. The number of para-hydroxylation sites is 1. The number of carbonyl (C=O) groups excluding carboxylic acids is 2. The van der Waals surface area contributed by atoms with Crippen molar-refractivity contribution >= 4 is 29.1 Å². The van der Waals surface area contributed by atoms with E-state index in [-0.39, 0.29) is 17.6 Å². The summed E-state index contributed by atoms with van der Waals surface area (Å²) in [6.45, 7) is 0. The molecule has 1 aliphatic carbocycles. The molecule has 0 spiro atoms. The van der Waals surface area contributed by atoms with Gasteiger partial charge in [-0.05, 0) is 36.3 Å². The van der Waals surface area contributed by atoms with E-state index < -0.39 is 0 Å². The van der Waals surface area contributed by atoms with Crippen molar-refractivity contribution in [3.05, 3.63) is 75.7 Å². The fraction of sp³-hybridized carbons (Fsp3) is 0.238. The van der Waals surface area contributed by atoms with Crippen molar-refractivity contribution in [2.75, 3.05) is 18.2 Å². The van der Waals surface area contributed by atoms with E-state index in [9.17, 15) is 9.59 Å². The van der Waals surface area contributed by atoms with E-state index in [1.807, 2.05) is 61.8 Å². The molecule has 4 heteroatoms. The van der Waals surface area contributed by atoms with E-state index in [4.69, 9.17) is 0 Å². The van der Waals surface area contributed by atoms with Crippen molar-refractivity contribution in [2.45, 2.75) is 18.8 Å². The molecule has 2 aromatic carbocycles. The molecule has 1 heterocycles. The number of rotatable bonds is 2. The molecule has 2 aliphatic rings. The second-order valence-electron chi connectivity index (χ2n) is 6.42. The minimum Gasteiger partial charge on any atom is -0.314 e. The molecule has 0 N–H and O–H groups in total. The van der Waals surface area contributed by atoms with E-state index in [0.29, 0.717) is 6.42 Å². The Balaban J connectivity index is 1.85. The number of ketones is 1. The zero-order chi connectivity index (χ0) is 17.6. The van der Waals surface area contributed by atoms with Gasteiger partial charge in [0.25, 0.3) is 0 Å². The lowest BCUT2D eigenvalue weighted by Crippen LogP contribution is -2.26. The zero-order valence-electron chi connectivity index (χ0n) is 14.3. The predicted octanol–water partition coefficient (Wildman–Crippen LogP) is 4.19. The van der Waals surface area contributed by atoms with E-state index in [1.54, 1.807) is 4.90 Å². The number of anilines is 1. The number of carbonyl (C=O) groups is 2. The Morgan fingerprint density at radius 2 is 1.76 bits per heavy atom. The molecule has 3 nitrogen and oxygen atoms in total. The number of fused-ring (bicyclic) bond motifs is 2. The summed E-state index contributed by atoms with van der Waals surface area (Å²) in [7, 11) is 1.81. The molecule has 1 aliphatic heterocycles. The molecule has 126 valence electrons. The van der Waals surface area contributed by atoms with Gasteiger partial charge in [0.2, 0.25) is 5.91 Å².